The number of morpholine rings is 1. The summed E-state index contributed by atoms with van der Waals surface area (Å²) in [6.45, 7) is 9.65. The van der Waals surface area contributed by atoms with E-state index < -0.39 is 0 Å². The van der Waals surface area contributed by atoms with Crippen LogP contribution in [0.1, 0.15) is 32.3 Å². The monoisotopic (exact) mass is 325 g/mol. The molecular weight excluding hydrogens is 302 g/mol. The molecule has 2 atom stereocenters. The van der Waals surface area contributed by atoms with Crippen molar-refractivity contribution in [3.63, 3.8) is 0 Å². The summed E-state index contributed by atoms with van der Waals surface area (Å²) in [5, 5.41) is 1.00. The summed E-state index contributed by atoms with van der Waals surface area (Å²) < 4.78 is 5.97. The van der Waals surface area contributed by atoms with E-state index in [-0.39, 0.29) is 5.60 Å². The normalized spacial score (nSPS) is 25.2. The molecule has 0 amide bonds. The highest BCUT2D eigenvalue weighted by molar-refractivity contribution is 9.09. The van der Waals surface area contributed by atoms with Crippen LogP contribution in [-0.4, -0.2) is 41.6 Å². The lowest BCUT2D eigenvalue weighted by Gasteiger charge is -2.42. The number of nitrogens with zero attached hydrogens (tertiary/aromatic N) is 1. The van der Waals surface area contributed by atoms with Gasteiger partial charge in [-0.15, -0.1) is 0 Å². The maximum Gasteiger partial charge on any atom is 0.0757 e. The van der Waals surface area contributed by atoms with Gasteiger partial charge in [-0.1, -0.05) is 46.3 Å². The highest BCUT2D eigenvalue weighted by atomic mass is 79.9. The average Bonchev–Trinajstić information content (AvgIpc) is 2.34. The number of halogens is 1. The van der Waals surface area contributed by atoms with Gasteiger partial charge in [0.2, 0.25) is 0 Å². The topological polar surface area (TPSA) is 12.5 Å². The van der Waals surface area contributed by atoms with Crippen molar-refractivity contribution in [1.82, 2.24) is 4.90 Å². The van der Waals surface area contributed by atoms with E-state index in [1.807, 2.05) is 0 Å². The first-order valence-electron chi connectivity index (χ1n) is 7.01. The number of alkyl halides is 1. The van der Waals surface area contributed by atoms with Gasteiger partial charge in [-0.25, -0.2) is 0 Å². The molecule has 1 heterocycles. The van der Waals surface area contributed by atoms with E-state index in [0.717, 1.165) is 25.0 Å². The summed E-state index contributed by atoms with van der Waals surface area (Å²) in [5.41, 5.74) is 1.38. The van der Waals surface area contributed by atoms with Gasteiger partial charge in [0.05, 0.1) is 11.7 Å². The lowest BCUT2D eigenvalue weighted by molar-refractivity contribution is -0.129. The molecule has 106 valence electrons. The van der Waals surface area contributed by atoms with Gasteiger partial charge in [-0.2, -0.15) is 0 Å². The summed E-state index contributed by atoms with van der Waals surface area (Å²) >= 11 is 3.67. The Kier molecular flexibility index (Phi) is 5.04. The zero-order valence-electron chi connectivity index (χ0n) is 12.1. The van der Waals surface area contributed by atoms with Crippen molar-refractivity contribution >= 4 is 15.9 Å². The summed E-state index contributed by atoms with van der Waals surface area (Å²) in [5.74, 6) is 0.544. The van der Waals surface area contributed by atoms with E-state index >= 15 is 0 Å². The first-order chi connectivity index (χ1) is 9.00. The van der Waals surface area contributed by atoms with Crippen molar-refractivity contribution in [3.8, 4) is 0 Å². The van der Waals surface area contributed by atoms with E-state index in [1.54, 1.807) is 0 Å². The molecule has 1 aromatic rings. The minimum Gasteiger partial charge on any atom is -0.370 e. The SMILES string of the molecule is CC1CN(CC(CBr)c2ccccc2)CC(C)(C)O1. The molecule has 0 N–H and O–H groups in total. The molecule has 1 aromatic carbocycles. The maximum absolute atomic E-state index is 5.97. The van der Waals surface area contributed by atoms with Gasteiger partial charge in [0.25, 0.3) is 0 Å². The van der Waals surface area contributed by atoms with E-state index in [2.05, 4.69) is 71.9 Å². The van der Waals surface area contributed by atoms with E-state index in [1.165, 1.54) is 5.56 Å². The molecule has 1 aliphatic rings. The summed E-state index contributed by atoms with van der Waals surface area (Å²) in [6.07, 6.45) is 0.315. The first-order valence-corrected chi connectivity index (χ1v) is 8.13. The smallest absolute Gasteiger partial charge is 0.0757 e. The average molecular weight is 326 g/mol. The Hall–Kier alpha value is -0.380. The van der Waals surface area contributed by atoms with Crippen LogP contribution in [0, 0.1) is 0 Å². The van der Waals surface area contributed by atoms with Crippen LogP contribution in [0.25, 0.3) is 0 Å². The Labute approximate surface area is 125 Å². The second-order valence-electron chi connectivity index (χ2n) is 6.14. The second kappa shape index (κ2) is 6.38. The standard InChI is InChI=1S/C16H24BrNO/c1-13-10-18(12-16(2,3)19-13)11-15(9-17)14-7-5-4-6-8-14/h4-8,13,15H,9-12H2,1-3H3. The third-order valence-corrected chi connectivity index (χ3v) is 4.36. The van der Waals surface area contributed by atoms with Crippen LogP contribution in [0.5, 0.6) is 0 Å². The third kappa shape index (κ3) is 4.30. The van der Waals surface area contributed by atoms with Crippen molar-refractivity contribution in [2.24, 2.45) is 0 Å². The van der Waals surface area contributed by atoms with Gasteiger partial charge in [0.15, 0.2) is 0 Å². The minimum atomic E-state index is -0.0365. The van der Waals surface area contributed by atoms with Crippen LogP contribution < -0.4 is 0 Å². The zero-order chi connectivity index (χ0) is 13.9. The fourth-order valence-electron chi connectivity index (χ4n) is 3.01. The molecule has 19 heavy (non-hydrogen) atoms. The molecule has 1 saturated heterocycles. The predicted molar refractivity (Wildman–Crippen MR) is 84.0 cm³/mol. The summed E-state index contributed by atoms with van der Waals surface area (Å²) in [7, 11) is 0. The maximum atomic E-state index is 5.97. The number of ether oxygens (including phenoxy) is 1. The van der Waals surface area contributed by atoms with E-state index in [4.69, 9.17) is 4.74 Å². The number of hydrogen-bond donors (Lipinski definition) is 0. The fraction of sp³-hybridized carbons (Fsp3) is 0.625. The van der Waals surface area contributed by atoms with Crippen molar-refractivity contribution in [3.05, 3.63) is 35.9 Å². The van der Waals surface area contributed by atoms with Gasteiger partial charge in [0, 0.05) is 30.9 Å². The molecule has 0 aliphatic carbocycles. The molecule has 0 saturated carbocycles. The van der Waals surface area contributed by atoms with Crippen LogP contribution in [0.3, 0.4) is 0 Å². The van der Waals surface area contributed by atoms with Gasteiger partial charge in [-0.3, -0.25) is 4.90 Å². The van der Waals surface area contributed by atoms with Crippen molar-refractivity contribution in [2.75, 3.05) is 25.0 Å². The summed E-state index contributed by atoms with van der Waals surface area (Å²) in [6, 6.07) is 10.8. The van der Waals surface area contributed by atoms with E-state index in [0.29, 0.717) is 12.0 Å². The quantitative estimate of drug-likeness (QED) is 0.783. The Morgan fingerprint density at radius 3 is 2.63 bits per heavy atom. The zero-order valence-corrected chi connectivity index (χ0v) is 13.7. The fourth-order valence-corrected chi connectivity index (χ4v) is 3.58. The van der Waals surface area contributed by atoms with Crippen LogP contribution in [-0.2, 0) is 4.74 Å². The Morgan fingerprint density at radius 1 is 1.37 bits per heavy atom. The van der Waals surface area contributed by atoms with Gasteiger partial charge in [-0.05, 0) is 26.3 Å². The van der Waals surface area contributed by atoms with Crippen LogP contribution in [0.15, 0.2) is 30.3 Å². The van der Waals surface area contributed by atoms with Crippen LogP contribution >= 0.6 is 15.9 Å². The van der Waals surface area contributed by atoms with Gasteiger partial charge in [0.1, 0.15) is 0 Å². The molecule has 2 nitrogen and oxygen atoms in total. The van der Waals surface area contributed by atoms with Crippen molar-refractivity contribution in [2.45, 2.75) is 38.4 Å². The Bertz CT molecular complexity index is 393. The molecule has 1 fully saturated rings. The van der Waals surface area contributed by atoms with Gasteiger partial charge >= 0.3 is 0 Å². The number of rotatable bonds is 4. The largest absolute Gasteiger partial charge is 0.370 e. The molecule has 0 radical (unpaired) electrons. The van der Waals surface area contributed by atoms with Gasteiger partial charge < -0.3 is 4.74 Å². The predicted octanol–water partition coefficient (Wildman–Crippen LogP) is 3.66. The molecule has 0 bridgehead atoms. The molecule has 1 aliphatic heterocycles. The van der Waals surface area contributed by atoms with E-state index in [9.17, 15) is 0 Å². The first kappa shape index (κ1) is 15.0. The lowest BCUT2D eigenvalue weighted by atomic mass is 9.98. The minimum absolute atomic E-state index is 0.0365. The van der Waals surface area contributed by atoms with Crippen LogP contribution in [0.2, 0.25) is 0 Å². The highest BCUT2D eigenvalue weighted by Gasteiger charge is 2.32. The van der Waals surface area contributed by atoms with Crippen molar-refractivity contribution < 1.29 is 4.74 Å². The van der Waals surface area contributed by atoms with Crippen molar-refractivity contribution in [1.29, 1.82) is 0 Å². The molecule has 3 heteroatoms. The molecule has 0 aromatic heterocycles. The van der Waals surface area contributed by atoms with Crippen LogP contribution in [0.4, 0.5) is 0 Å². The lowest BCUT2D eigenvalue weighted by Crippen LogP contribution is -2.52. The number of benzene rings is 1. The number of hydrogen-bond acceptors (Lipinski definition) is 2. The molecule has 2 unspecified atom stereocenters. The Balaban J connectivity index is 2.02. The third-order valence-electron chi connectivity index (χ3n) is 3.58. The molecule has 0 spiro atoms. The summed E-state index contributed by atoms with van der Waals surface area (Å²) in [4.78, 5) is 2.53. The molecule has 2 rings (SSSR count). The molecular formula is C16H24BrNO. The Morgan fingerprint density at radius 2 is 2.05 bits per heavy atom. The highest BCUT2D eigenvalue weighted by Crippen LogP contribution is 2.25. The second-order valence-corrected chi connectivity index (χ2v) is 6.79.